The minimum atomic E-state index is 0.423. The van der Waals surface area contributed by atoms with Crippen molar-refractivity contribution in [2.45, 2.75) is 6.42 Å². The van der Waals surface area contributed by atoms with Gasteiger partial charge in [0.2, 0.25) is 0 Å². The first kappa shape index (κ1) is 12.4. The van der Waals surface area contributed by atoms with Gasteiger partial charge >= 0.3 is 0 Å². The number of nitrogens with zero attached hydrogens (tertiary/aromatic N) is 2. The molecule has 0 saturated heterocycles. The van der Waals surface area contributed by atoms with Crippen molar-refractivity contribution in [3.63, 3.8) is 0 Å². The molecule has 1 aromatic heterocycles. The Morgan fingerprint density at radius 3 is 2.78 bits per heavy atom. The summed E-state index contributed by atoms with van der Waals surface area (Å²) >= 11 is 0. The fraction of sp³-hybridized carbons (Fsp3) is 0.333. The van der Waals surface area contributed by atoms with Gasteiger partial charge in [-0.25, -0.2) is 9.97 Å². The van der Waals surface area contributed by atoms with Crippen LogP contribution in [0.5, 0.6) is 11.5 Å². The normalized spacial score (nSPS) is 10.6. The van der Waals surface area contributed by atoms with Gasteiger partial charge in [-0.15, -0.1) is 0 Å². The number of aromatic nitrogens is 2. The largest absolute Gasteiger partial charge is 0.493 e. The van der Waals surface area contributed by atoms with E-state index in [2.05, 4.69) is 9.97 Å². The van der Waals surface area contributed by atoms with Crippen LogP contribution in [0.2, 0.25) is 0 Å². The van der Waals surface area contributed by atoms with Crippen LogP contribution in [0.4, 0.5) is 5.82 Å². The molecule has 0 aliphatic rings. The Balaban J connectivity index is 2.40. The monoisotopic (exact) mass is 248 g/mol. The molecule has 1 aromatic carbocycles. The molecule has 2 aromatic rings. The number of ether oxygens (including phenoxy) is 2. The van der Waals surface area contributed by atoms with E-state index < -0.39 is 0 Å². The van der Waals surface area contributed by atoms with E-state index in [1.165, 1.54) is 6.33 Å². The van der Waals surface area contributed by atoms with Crippen molar-refractivity contribution in [2.24, 2.45) is 5.73 Å². The molecule has 0 amide bonds. The highest BCUT2D eigenvalue weighted by Crippen LogP contribution is 2.33. The number of fused-ring (bicyclic) bond motifs is 1. The predicted molar refractivity (Wildman–Crippen MR) is 69.7 cm³/mol. The summed E-state index contributed by atoms with van der Waals surface area (Å²) in [6.07, 6.45) is 2.20. The maximum atomic E-state index is 5.80. The Hall–Kier alpha value is -2.08. The average molecular weight is 248 g/mol. The van der Waals surface area contributed by atoms with Crippen LogP contribution in [0.25, 0.3) is 10.9 Å². The summed E-state index contributed by atoms with van der Waals surface area (Å²) in [5, 5.41) is 0.751. The van der Waals surface area contributed by atoms with E-state index >= 15 is 0 Å². The molecule has 18 heavy (non-hydrogen) atoms. The molecule has 0 fully saturated rings. The van der Waals surface area contributed by atoms with Gasteiger partial charge in [0.15, 0.2) is 11.5 Å². The van der Waals surface area contributed by atoms with Crippen LogP contribution in [0, 0.1) is 0 Å². The summed E-state index contributed by atoms with van der Waals surface area (Å²) in [6.45, 7) is 1.12. The molecule has 0 spiro atoms. The highest BCUT2D eigenvalue weighted by molar-refractivity contribution is 5.90. The summed E-state index contributed by atoms with van der Waals surface area (Å²) < 4.78 is 10.9. The van der Waals surface area contributed by atoms with Crippen molar-refractivity contribution in [3.05, 3.63) is 18.5 Å². The van der Waals surface area contributed by atoms with E-state index in [0.29, 0.717) is 30.5 Å². The molecular formula is C12H16N4O2. The maximum absolute atomic E-state index is 5.80. The molecule has 0 radical (unpaired) electrons. The van der Waals surface area contributed by atoms with Crippen LogP contribution in [0.15, 0.2) is 18.5 Å². The van der Waals surface area contributed by atoms with Crippen LogP contribution >= 0.6 is 0 Å². The number of rotatable bonds is 5. The molecule has 0 unspecified atom stereocenters. The lowest BCUT2D eigenvalue weighted by molar-refractivity contribution is 0.292. The zero-order valence-electron chi connectivity index (χ0n) is 10.2. The van der Waals surface area contributed by atoms with Crippen molar-refractivity contribution in [1.29, 1.82) is 0 Å². The number of nitrogens with two attached hydrogens (primary N) is 2. The van der Waals surface area contributed by atoms with Crippen LogP contribution < -0.4 is 20.9 Å². The quantitative estimate of drug-likeness (QED) is 0.765. The molecular weight excluding hydrogens is 232 g/mol. The predicted octanol–water partition coefficient (Wildman–Crippen LogP) is 0.948. The number of hydrogen-bond acceptors (Lipinski definition) is 6. The average Bonchev–Trinajstić information content (AvgIpc) is 2.39. The van der Waals surface area contributed by atoms with E-state index in [4.69, 9.17) is 20.9 Å². The first-order valence-electron chi connectivity index (χ1n) is 5.67. The minimum absolute atomic E-state index is 0.423. The van der Waals surface area contributed by atoms with Crippen LogP contribution in [-0.4, -0.2) is 30.2 Å². The smallest absolute Gasteiger partial charge is 0.162 e. The topological polar surface area (TPSA) is 96.3 Å². The molecule has 0 atom stereocenters. The van der Waals surface area contributed by atoms with E-state index in [0.717, 1.165) is 17.3 Å². The zero-order chi connectivity index (χ0) is 13.0. The molecule has 6 nitrogen and oxygen atoms in total. The third-order valence-electron chi connectivity index (χ3n) is 2.56. The third-order valence-corrected chi connectivity index (χ3v) is 2.56. The lowest BCUT2D eigenvalue weighted by Crippen LogP contribution is -2.07. The number of hydrogen-bond donors (Lipinski definition) is 2. The van der Waals surface area contributed by atoms with Crippen molar-refractivity contribution in [2.75, 3.05) is 26.0 Å². The summed E-state index contributed by atoms with van der Waals surface area (Å²) in [7, 11) is 1.58. The molecule has 0 aliphatic heterocycles. The fourth-order valence-corrected chi connectivity index (χ4v) is 1.62. The van der Waals surface area contributed by atoms with Crippen LogP contribution in [0.1, 0.15) is 6.42 Å². The van der Waals surface area contributed by atoms with E-state index in [1.54, 1.807) is 19.2 Å². The van der Waals surface area contributed by atoms with Gasteiger partial charge in [-0.1, -0.05) is 0 Å². The van der Waals surface area contributed by atoms with Crippen molar-refractivity contribution in [3.8, 4) is 11.5 Å². The lowest BCUT2D eigenvalue weighted by atomic mass is 10.2. The molecule has 6 heteroatoms. The fourth-order valence-electron chi connectivity index (χ4n) is 1.62. The van der Waals surface area contributed by atoms with Crippen LogP contribution in [0.3, 0.4) is 0 Å². The maximum Gasteiger partial charge on any atom is 0.162 e. The Bertz CT molecular complexity index is 545. The first-order chi connectivity index (χ1) is 8.76. The SMILES string of the molecule is COc1cc2ncnc(N)c2cc1OCCCN. The molecule has 4 N–H and O–H groups in total. The van der Waals surface area contributed by atoms with Gasteiger partial charge < -0.3 is 20.9 Å². The molecule has 96 valence electrons. The molecule has 0 aliphatic carbocycles. The van der Waals surface area contributed by atoms with Gasteiger partial charge in [0.1, 0.15) is 12.1 Å². The van der Waals surface area contributed by atoms with E-state index in [-0.39, 0.29) is 0 Å². The summed E-state index contributed by atoms with van der Waals surface area (Å²) in [4.78, 5) is 8.09. The number of anilines is 1. The van der Waals surface area contributed by atoms with Crippen molar-refractivity contribution in [1.82, 2.24) is 9.97 Å². The zero-order valence-corrected chi connectivity index (χ0v) is 10.2. The van der Waals surface area contributed by atoms with Gasteiger partial charge in [0.25, 0.3) is 0 Å². The highest BCUT2D eigenvalue weighted by atomic mass is 16.5. The standard InChI is InChI=1S/C12H16N4O2/c1-17-10-6-9-8(12(14)16-7-15-9)5-11(10)18-4-2-3-13/h5-7H,2-4,13H2,1H3,(H2,14,15,16). The molecule has 0 saturated carbocycles. The molecule has 1 heterocycles. The first-order valence-corrected chi connectivity index (χ1v) is 5.67. The van der Waals surface area contributed by atoms with Gasteiger partial charge in [0, 0.05) is 11.5 Å². The van der Waals surface area contributed by atoms with Crippen molar-refractivity contribution < 1.29 is 9.47 Å². The molecule has 0 bridgehead atoms. The second kappa shape index (κ2) is 5.50. The van der Waals surface area contributed by atoms with Gasteiger partial charge in [0.05, 0.1) is 19.2 Å². The number of nitrogen functional groups attached to an aromatic ring is 1. The van der Waals surface area contributed by atoms with E-state index in [9.17, 15) is 0 Å². The summed E-state index contributed by atoms with van der Waals surface area (Å²) in [5.74, 6) is 1.67. The van der Waals surface area contributed by atoms with Crippen LogP contribution in [-0.2, 0) is 0 Å². The second-order valence-electron chi connectivity index (χ2n) is 3.77. The highest BCUT2D eigenvalue weighted by Gasteiger charge is 2.09. The van der Waals surface area contributed by atoms with Gasteiger partial charge in [-0.05, 0) is 19.0 Å². The van der Waals surface area contributed by atoms with E-state index in [1.807, 2.05) is 0 Å². The van der Waals surface area contributed by atoms with Gasteiger partial charge in [-0.2, -0.15) is 0 Å². The Kier molecular flexibility index (Phi) is 3.78. The number of benzene rings is 1. The molecule has 2 rings (SSSR count). The Morgan fingerprint density at radius 2 is 2.06 bits per heavy atom. The number of methoxy groups -OCH3 is 1. The summed E-state index contributed by atoms with van der Waals surface area (Å²) in [5.41, 5.74) is 12.0. The lowest BCUT2D eigenvalue weighted by Gasteiger charge is -2.11. The third kappa shape index (κ3) is 2.43. The van der Waals surface area contributed by atoms with Crippen molar-refractivity contribution >= 4 is 16.7 Å². The summed E-state index contributed by atoms with van der Waals surface area (Å²) in [6, 6.07) is 3.57. The van der Waals surface area contributed by atoms with Gasteiger partial charge in [-0.3, -0.25) is 0 Å². The minimum Gasteiger partial charge on any atom is -0.493 e. The second-order valence-corrected chi connectivity index (χ2v) is 3.77. The Labute approximate surface area is 105 Å². The Morgan fingerprint density at radius 1 is 1.22 bits per heavy atom.